The summed E-state index contributed by atoms with van der Waals surface area (Å²) in [7, 11) is 0. The van der Waals surface area contributed by atoms with E-state index in [2.05, 4.69) is 18.2 Å². The topological polar surface area (TPSA) is 26.0 Å². The van der Waals surface area contributed by atoms with Crippen LogP contribution in [0.2, 0.25) is 5.02 Å². The fourth-order valence-corrected chi connectivity index (χ4v) is 2.58. The minimum atomic E-state index is -0.341. The van der Waals surface area contributed by atoms with Crippen LogP contribution in [0.15, 0.2) is 54.6 Å². The van der Waals surface area contributed by atoms with E-state index in [0.717, 1.165) is 10.6 Å². The molecule has 0 spiro atoms. The zero-order valence-corrected chi connectivity index (χ0v) is 11.5. The number of nitrogens with two attached hydrogens (primary N) is 1. The van der Waals surface area contributed by atoms with Crippen LogP contribution >= 0.6 is 11.6 Å². The highest BCUT2D eigenvalue weighted by Crippen LogP contribution is 2.34. The molecule has 0 aliphatic heterocycles. The molecule has 2 rings (SSSR count). The summed E-state index contributed by atoms with van der Waals surface area (Å²) in [5.41, 5.74) is 8.38. The highest BCUT2D eigenvalue weighted by atomic mass is 35.5. The predicted octanol–water partition coefficient (Wildman–Crippen LogP) is 4.21. The Morgan fingerprint density at radius 1 is 0.944 bits per heavy atom. The molecule has 1 atom stereocenters. The van der Waals surface area contributed by atoms with Gasteiger partial charge in [0.15, 0.2) is 0 Å². The molecular formula is C16H18ClN. The first kappa shape index (κ1) is 13.1. The van der Waals surface area contributed by atoms with Crippen molar-refractivity contribution in [2.75, 3.05) is 0 Å². The molecule has 1 unspecified atom stereocenters. The largest absolute Gasteiger partial charge is 0.325 e. The number of benzene rings is 2. The first-order valence-electron chi connectivity index (χ1n) is 6.08. The van der Waals surface area contributed by atoms with Gasteiger partial charge >= 0.3 is 0 Å². The van der Waals surface area contributed by atoms with Crippen LogP contribution in [0.4, 0.5) is 0 Å². The van der Waals surface area contributed by atoms with Gasteiger partial charge in [-0.25, -0.2) is 0 Å². The second-order valence-corrected chi connectivity index (χ2v) is 5.66. The van der Waals surface area contributed by atoms with Gasteiger partial charge < -0.3 is 5.73 Å². The maximum atomic E-state index is 6.35. The first-order valence-corrected chi connectivity index (χ1v) is 6.45. The molecule has 1 nitrogen and oxygen atoms in total. The number of rotatable bonds is 3. The van der Waals surface area contributed by atoms with Crippen molar-refractivity contribution in [3.8, 4) is 0 Å². The van der Waals surface area contributed by atoms with Gasteiger partial charge in [0, 0.05) is 16.5 Å². The molecule has 0 aromatic heterocycles. The summed E-state index contributed by atoms with van der Waals surface area (Å²) in [6, 6.07) is 18.3. The molecule has 0 aliphatic carbocycles. The smallest absolute Gasteiger partial charge is 0.0408 e. The Balaban J connectivity index is 2.51. The van der Waals surface area contributed by atoms with Crippen molar-refractivity contribution < 1.29 is 0 Å². The zero-order chi connectivity index (χ0) is 13.2. The molecule has 94 valence electrons. The third-order valence-corrected chi connectivity index (χ3v) is 3.29. The molecule has 2 heteroatoms. The third-order valence-electron chi connectivity index (χ3n) is 3.06. The molecule has 0 fully saturated rings. The number of halogens is 1. The van der Waals surface area contributed by atoms with Crippen LogP contribution in [0.5, 0.6) is 0 Å². The van der Waals surface area contributed by atoms with Gasteiger partial charge in [-0.1, -0.05) is 54.1 Å². The Hall–Kier alpha value is -1.31. The summed E-state index contributed by atoms with van der Waals surface area (Å²) in [5, 5.41) is 0.748. The van der Waals surface area contributed by atoms with Crippen molar-refractivity contribution in [2.24, 2.45) is 5.73 Å². The average molecular weight is 260 g/mol. The van der Waals surface area contributed by atoms with Crippen LogP contribution in [0, 0.1) is 0 Å². The van der Waals surface area contributed by atoms with Crippen LogP contribution in [0.3, 0.4) is 0 Å². The van der Waals surface area contributed by atoms with E-state index in [1.165, 1.54) is 5.56 Å². The van der Waals surface area contributed by atoms with E-state index in [-0.39, 0.29) is 11.5 Å². The van der Waals surface area contributed by atoms with Gasteiger partial charge in [-0.05, 0) is 37.1 Å². The van der Waals surface area contributed by atoms with Crippen molar-refractivity contribution in [3.05, 3.63) is 70.7 Å². The first-order chi connectivity index (χ1) is 8.48. The minimum Gasteiger partial charge on any atom is -0.325 e. The summed E-state index contributed by atoms with van der Waals surface area (Å²) in [6.07, 6.45) is 0. The van der Waals surface area contributed by atoms with Gasteiger partial charge in [-0.2, -0.15) is 0 Å². The lowest BCUT2D eigenvalue weighted by Crippen LogP contribution is -2.39. The fraction of sp³-hybridized carbons (Fsp3) is 0.250. The van der Waals surface area contributed by atoms with E-state index in [1.807, 2.05) is 50.2 Å². The zero-order valence-electron chi connectivity index (χ0n) is 10.7. The monoisotopic (exact) mass is 259 g/mol. The van der Waals surface area contributed by atoms with Gasteiger partial charge in [0.25, 0.3) is 0 Å². The van der Waals surface area contributed by atoms with E-state index in [4.69, 9.17) is 17.3 Å². The van der Waals surface area contributed by atoms with Crippen molar-refractivity contribution >= 4 is 11.6 Å². The Kier molecular flexibility index (Phi) is 3.74. The lowest BCUT2D eigenvalue weighted by Gasteiger charge is -2.31. The second-order valence-electron chi connectivity index (χ2n) is 5.22. The SMILES string of the molecule is CC(C)(N)C(c1ccccc1)c1cccc(Cl)c1. The molecule has 0 amide bonds. The van der Waals surface area contributed by atoms with Gasteiger partial charge in [-0.3, -0.25) is 0 Å². The second kappa shape index (κ2) is 5.13. The van der Waals surface area contributed by atoms with E-state index in [9.17, 15) is 0 Å². The van der Waals surface area contributed by atoms with Crippen LogP contribution in [0.25, 0.3) is 0 Å². The molecular weight excluding hydrogens is 242 g/mol. The lowest BCUT2D eigenvalue weighted by atomic mass is 9.78. The molecule has 2 N–H and O–H groups in total. The molecule has 0 aliphatic rings. The Labute approximate surface area is 114 Å². The molecule has 18 heavy (non-hydrogen) atoms. The van der Waals surface area contributed by atoms with E-state index in [1.54, 1.807) is 0 Å². The molecule has 2 aromatic carbocycles. The molecule has 0 saturated carbocycles. The fourth-order valence-electron chi connectivity index (χ4n) is 2.38. The molecule has 0 saturated heterocycles. The van der Waals surface area contributed by atoms with Crippen molar-refractivity contribution in [2.45, 2.75) is 25.3 Å². The lowest BCUT2D eigenvalue weighted by molar-refractivity contribution is 0.457. The van der Waals surface area contributed by atoms with Gasteiger partial charge in [-0.15, -0.1) is 0 Å². The van der Waals surface area contributed by atoms with E-state index >= 15 is 0 Å². The summed E-state index contributed by atoms with van der Waals surface area (Å²) >= 11 is 6.09. The summed E-state index contributed by atoms with van der Waals surface area (Å²) in [6.45, 7) is 4.09. The maximum absolute atomic E-state index is 6.35. The Morgan fingerprint density at radius 3 is 2.11 bits per heavy atom. The highest BCUT2D eigenvalue weighted by molar-refractivity contribution is 6.30. The van der Waals surface area contributed by atoms with Crippen LogP contribution in [-0.2, 0) is 0 Å². The summed E-state index contributed by atoms with van der Waals surface area (Å²) in [5.74, 6) is 0.136. The summed E-state index contributed by atoms with van der Waals surface area (Å²) in [4.78, 5) is 0. The number of hydrogen-bond donors (Lipinski definition) is 1. The quantitative estimate of drug-likeness (QED) is 0.878. The Morgan fingerprint density at radius 2 is 1.56 bits per heavy atom. The minimum absolute atomic E-state index is 0.136. The summed E-state index contributed by atoms with van der Waals surface area (Å²) < 4.78 is 0. The molecule has 0 radical (unpaired) electrons. The van der Waals surface area contributed by atoms with E-state index < -0.39 is 0 Å². The molecule has 0 heterocycles. The van der Waals surface area contributed by atoms with Crippen LogP contribution in [0.1, 0.15) is 30.9 Å². The standard InChI is InChI=1S/C16H18ClN/c1-16(2,18)15(12-7-4-3-5-8-12)13-9-6-10-14(17)11-13/h3-11,15H,18H2,1-2H3. The van der Waals surface area contributed by atoms with Crippen molar-refractivity contribution in [1.82, 2.24) is 0 Å². The maximum Gasteiger partial charge on any atom is 0.0408 e. The van der Waals surface area contributed by atoms with E-state index in [0.29, 0.717) is 0 Å². The Bertz CT molecular complexity index is 514. The average Bonchev–Trinajstić information content (AvgIpc) is 2.28. The third kappa shape index (κ3) is 2.92. The van der Waals surface area contributed by atoms with Gasteiger partial charge in [0.2, 0.25) is 0 Å². The molecule has 2 aromatic rings. The van der Waals surface area contributed by atoms with Crippen LogP contribution in [-0.4, -0.2) is 5.54 Å². The predicted molar refractivity (Wildman–Crippen MR) is 78.0 cm³/mol. The normalized spacial score (nSPS) is 13.3. The van der Waals surface area contributed by atoms with Gasteiger partial charge in [0.05, 0.1) is 0 Å². The van der Waals surface area contributed by atoms with Crippen molar-refractivity contribution in [1.29, 1.82) is 0 Å². The van der Waals surface area contributed by atoms with Crippen molar-refractivity contribution in [3.63, 3.8) is 0 Å². The van der Waals surface area contributed by atoms with Crippen LogP contribution < -0.4 is 5.73 Å². The van der Waals surface area contributed by atoms with Gasteiger partial charge in [0.1, 0.15) is 0 Å². The number of hydrogen-bond acceptors (Lipinski definition) is 1. The molecule has 0 bridgehead atoms. The highest BCUT2D eigenvalue weighted by Gasteiger charge is 2.28.